The molecule has 0 unspecified atom stereocenters. The van der Waals surface area contributed by atoms with Gasteiger partial charge in [-0.2, -0.15) is 4.31 Å². The Hall–Kier alpha value is -1.19. The second kappa shape index (κ2) is 7.00. The van der Waals surface area contributed by atoms with Crippen LogP contribution in [0.4, 0.5) is 0 Å². The van der Waals surface area contributed by atoms with Crippen molar-refractivity contribution in [2.75, 3.05) is 13.1 Å². The SMILES string of the molecule is Cc1ncc(S(=O)(=O)N(CCC(N)=NO)CC(C)C)s1. The fourth-order valence-corrected chi connectivity index (χ4v) is 4.46. The van der Waals surface area contributed by atoms with Crippen molar-refractivity contribution in [2.24, 2.45) is 16.8 Å². The molecule has 0 fully saturated rings. The normalized spacial score (nSPS) is 13.3. The summed E-state index contributed by atoms with van der Waals surface area (Å²) in [7, 11) is -3.58. The van der Waals surface area contributed by atoms with Gasteiger partial charge in [0.2, 0.25) is 0 Å². The first-order valence-electron chi connectivity index (χ1n) is 6.16. The van der Waals surface area contributed by atoms with Gasteiger partial charge >= 0.3 is 0 Å². The molecule has 20 heavy (non-hydrogen) atoms. The summed E-state index contributed by atoms with van der Waals surface area (Å²) in [6.45, 7) is 6.17. The van der Waals surface area contributed by atoms with Crippen LogP contribution < -0.4 is 5.73 Å². The van der Waals surface area contributed by atoms with Crippen LogP contribution in [0.5, 0.6) is 0 Å². The van der Waals surface area contributed by atoms with Crippen LogP contribution in [0.1, 0.15) is 25.3 Å². The van der Waals surface area contributed by atoms with Gasteiger partial charge < -0.3 is 10.9 Å². The van der Waals surface area contributed by atoms with Gasteiger partial charge in [-0.1, -0.05) is 19.0 Å². The Labute approximate surface area is 123 Å². The molecule has 114 valence electrons. The Bertz CT molecular complexity index is 566. The highest BCUT2D eigenvalue weighted by atomic mass is 32.2. The van der Waals surface area contributed by atoms with Gasteiger partial charge in [-0.15, -0.1) is 11.3 Å². The lowest BCUT2D eigenvalue weighted by Crippen LogP contribution is -2.36. The Morgan fingerprint density at radius 1 is 1.60 bits per heavy atom. The Kier molecular flexibility index (Phi) is 5.90. The molecule has 0 radical (unpaired) electrons. The molecule has 1 aromatic heterocycles. The van der Waals surface area contributed by atoms with E-state index < -0.39 is 10.0 Å². The van der Waals surface area contributed by atoms with Crippen LogP contribution in [0.15, 0.2) is 15.6 Å². The summed E-state index contributed by atoms with van der Waals surface area (Å²) in [4.78, 5) is 3.98. The lowest BCUT2D eigenvalue weighted by molar-refractivity contribution is 0.314. The summed E-state index contributed by atoms with van der Waals surface area (Å²) in [6.07, 6.45) is 1.55. The molecule has 0 aromatic carbocycles. The van der Waals surface area contributed by atoms with Crippen LogP contribution in [-0.2, 0) is 10.0 Å². The fraction of sp³-hybridized carbons (Fsp3) is 0.636. The fourth-order valence-electron chi connectivity index (χ4n) is 1.59. The van der Waals surface area contributed by atoms with Crippen molar-refractivity contribution >= 4 is 27.2 Å². The molecule has 0 aliphatic heterocycles. The van der Waals surface area contributed by atoms with Crippen molar-refractivity contribution in [3.8, 4) is 0 Å². The Balaban J connectivity index is 2.97. The average molecular weight is 320 g/mol. The minimum Gasteiger partial charge on any atom is -0.409 e. The molecule has 0 amide bonds. The largest absolute Gasteiger partial charge is 0.409 e. The zero-order valence-electron chi connectivity index (χ0n) is 11.8. The van der Waals surface area contributed by atoms with Gasteiger partial charge in [-0.05, 0) is 12.8 Å². The van der Waals surface area contributed by atoms with Crippen LogP contribution in [0.2, 0.25) is 0 Å². The van der Waals surface area contributed by atoms with Crippen molar-refractivity contribution < 1.29 is 13.6 Å². The molecule has 1 aromatic rings. The van der Waals surface area contributed by atoms with Gasteiger partial charge in [0, 0.05) is 19.5 Å². The third kappa shape index (κ3) is 4.43. The van der Waals surface area contributed by atoms with Crippen molar-refractivity contribution in [1.82, 2.24) is 9.29 Å². The predicted molar refractivity (Wildman–Crippen MR) is 78.5 cm³/mol. The van der Waals surface area contributed by atoms with E-state index in [0.717, 1.165) is 11.3 Å². The van der Waals surface area contributed by atoms with E-state index in [-0.39, 0.29) is 28.9 Å². The van der Waals surface area contributed by atoms with Gasteiger partial charge in [-0.25, -0.2) is 13.4 Å². The number of nitrogens with two attached hydrogens (primary N) is 1. The summed E-state index contributed by atoms with van der Waals surface area (Å²) in [6, 6.07) is 0. The van der Waals surface area contributed by atoms with E-state index >= 15 is 0 Å². The summed E-state index contributed by atoms with van der Waals surface area (Å²) in [5.74, 6) is 0.181. The molecule has 9 heteroatoms. The van der Waals surface area contributed by atoms with Crippen molar-refractivity contribution in [2.45, 2.75) is 31.4 Å². The van der Waals surface area contributed by atoms with Crippen LogP contribution in [0.25, 0.3) is 0 Å². The summed E-state index contributed by atoms with van der Waals surface area (Å²) in [5, 5.41) is 12.1. The molecule has 0 spiro atoms. The monoisotopic (exact) mass is 320 g/mol. The zero-order valence-corrected chi connectivity index (χ0v) is 13.4. The van der Waals surface area contributed by atoms with Gasteiger partial charge in [0.15, 0.2) is 4.21 Å². The molecular weight excluding hydrogens is 300 g/mol. The molecule has 7 nitrogen and oxygen atoms in total. The molecule has 1 rings (SSSR count). The number of aryl methyl sites for hydroxylation is 1. The Morgan fingerprint density at radius 3 is 2.70 bits per heavy atom. The van der Waals surface area contributed by atoms with E-state index in [2.05, 4.69) is 10.1 Å². The number of hydrogen-bond donors (Lipinski definition) is 2. The van der Waals surface area contributed by atoms with E-state index in [1.54, 1.807) is 6.92 Å². The first-order valence-corrected chi connectivity index (χ1v) is 8.42. The summed E-state index contributed by atoms with van der Waals surface area (Å²) in [5.41, 5.74) is 5.41. The molecule has 0 atom stereocenters. The van der Waals surface area contributed by atoms with E-state index in [9.17, 15) is 8.42 Å². The standard InChI is InChI=1S/C11H20N4O3S2/c1-8(2)7-15(5-4-10(12)14-16)20(17,18)11-6-13-9(3)19-11/h6,8,16H,4-5,7H2,1-3H3,(H2,12,14). The van der Waals surface area contributed by atoms with E-state index in [1.807, 2.05) is 13.8 Å². The highest BCUT2D eigenvalue weighted by Gasteiger charge is 2.27. The Morgan fingerprint density at radius 2 is 2.25 bits per heavy atom. The van der Waals surface area contributed by atoms with Crippen molar-refractivity contribution in [3.05, 3.63) is 11.2 Å². The minimum absolute atomic E-state index is 0.00874. The second-order valence-corrected chi connectivity index (χ2v) is 8.20. The smallest absolute Gasteiger partial charge is 0.254 e. The number of thiazole rings is 1. The maximum atomic E-state index is 12.5. The topological polar surface area (TPSA) is 109 Å². The molecular formula is C11H20N4O3S2. The number of nitrogens with zero attached hydrogens (tertiary/aromatic N) is 3. The van der Waals surface area contributed by atoms with Gasteiger partial charge in [0.05, 0.1) is 11.2 Å². The number of aromatic nitrogens is 1. The van der Waals surface area contributed by atoms with Gasteiger partial charge in [0.1, 0.15) is 5.84 Å². The highest BCUT2D eigenvalue weighted by molar-refractivity contribution is 7.91. The maximum absolute atomic E-state index is 12.5. The lowest BCUT2D eigenvalue weighted by Gasteiger charge is -2.22. The highest BCUT2D eigenvalue weighted by Crippen LogP contribution is 2.23. The third-order valence-corrected chi connectivity index (χ3v) is 5.72. The van der Waals surface area contributed by atoms with Crippen LogP contribution in [-0.4, -0.2) is 41.8 Å². The average Bonchev–Trinajstić information content (AvgIpc) is 2.80. The van der Waals surface area contributed by atoms with Crippen molar-refractivity contribution in [3.63, 3.8) is 0 Å². The molecule has 0 bridgehead atoms. The minimum atomic E-state index is -3.58. The van der Waals surface area contributed by atoms with E-state index in [1.165, 1.54) is 10.5 Å². The second-order valence-electron chi connectivity index (χ2n) is 4.80. The molecule has 1 heterocycles. The molecule has 3 N–H and O–H groups in total. The molecule has 0 aliphatic rings. The van der Waals surface area contributed by atoms with Crippen LogP contribution in [0, 0.1) is 12.8 Å². The lowest BCUT2D eigenvalue weighted by atomic mass is 10.2. The van der Waals surface area contributed by atoms with E-state index in [4.69, 9.17) is 10.9 Å². The molecule has 0 aliphatic carbocycles. The summed E-state index contributed by atoms with van der Waals surface area (Å²) < 4.78 is 26.6. The predicted octanol–water partition coefficient (Wildman–Crippen LogP) is 1.23. The number of amidine groups is 1. The number of sulfonamides is 1. The van der Waals surface area contributed by atoms with Crippen LogP contribution >= 0.6 is 11.3 Å². The number of hydrogen-bond acceptors (Lipinski definition) is 6. The zero-order chi connectivity index (χ0) is 15.3. The van der Waals surface area contributed by atoms with Gasteiger partial charge in [0.25, 0.3) is 10.0 Å². The first-order chi connectivity index (χ1) is 9.27. The van der Waals surface area contributed by atoms with E-state index in [0.29, 0.717) is 11.6 Å². The van der Waals surface area contributed by atoms with Gasteiger partial charge in [-0.3, -0.25) is 0 Å². The number of oxime groups is 1. The van der Waals surface area contributed by atoms with Crippen LogP contribution in [0.3, 0.4) is 0 Å². The quantitative estimate of drug-likeness (QED) is 0.340. The summed E-state index contributed by atoms with van der Waals surface area (Å²) >= 11 is 1.14. The third-order valence-electron chi connectivity index (χ3n) is 2.51. The first kappa shape index (κ1) is 16.9. The van der Waals surface area contributed by atoms with Crippen molar-refractivity contribution in [1.29, 1.82) is 0 Å². The molecule has 0 saturated heterocycles. The molecule has 0 saturated carbocycles. The maximum Gasteiger partial charge on any atom is 0.254 e. The number of rotatable bonds is 7.